The van der Waals surface area contributed by atoms with Gasteiger partial charge in [-0.25, -0.2) is 4.79 Å². The van der Waals surface area contributed by atoms with Gasteiger partial charge in [0, 0.05) is 10.5 Å². The van der Waals surface area contributed by atoms with Crippen molar-refractivity contribution in [1.29, 1.82) is 0 Å². The van der Waals surface area contributed by atoms with E-state index < -0.39 is 6.09 Å². The fourth-order valence-corrected chi connectivity index (χ4v) is 2.59. The van der Waals surface area contributed by atoms with Gasteiger partial charge in [-0.15, -0.1) is 11.8 Å². The van der Waals surface area contributed by atoms with Crippen molar-refractivity contribution in [2.24, 2.45) is 0 Å². The first-order chi connectivity index (χ1) is 11.3. The van der Waals surface area contributed by atoms with Crippen LogP contribution in [0.4, 0.5) is 4.79 Å². The van der Waals surface area contributed by atoms with Crippen molar-refractivity contribution in [3.8, 4) is 11.8 Å². The van der Waals surface area contributed by atoms with E-state index >= 15 is 0 Å². The minimum Gasteiger partial charge on any atom is -0.445 e. The lowest BCUT2D eigenvalue weighted by atomic mass is 10.2. The molecule has 0 aliphatic heterocycles. The van der Waals surface area contributed by atoms with Gasteiger partial charge in [-0.3, -0.25) is 0 Å². The highest BCUT2D eigenvalue weighted by Crippen LogP contribution is 2.17. The number of nitrogens with one attached hydrogen (secondary N) is 1. The number of rotatable bonds is 5. The quantitative estimate of drug-likeness (QED) is 0.665. The van der Waals surface area contributed by atoms with Crippen LogP contribution >= 0.6 is 11.8 Å². The molecule has 0 fully saturated rings. The molecule has 0 heterocycles. The first-order valence-corrected chi connectivity index (χ1v) is 8.43. The summed E-state index contributed by atoms with van der Waals surface area (Å²) in [4.78, 5) is 12.8. The third-order valence-electron chi connectivity index (χ3n) is 2.91. The highest BCUT2D eigenvalue weighted by Gasteiger charge is 2.00. The van der Waals surface area contributed by atoms with Crippen LogP contribution in [0.5, 0.6) is 0 Å². The summed E-state index contributed by atoms with van der Waals surface area (Å²) < 4.78 is 5.11. The van der Waals surface area contributed by atoms with Crippen molar-refractivity contribution >= 4 is 17.9 Å². The van der Waals surface area contributed by atoms with Crippen LogP contribution in [0.2, 0.25) is 0 Å². The molecule has 0 saturated carbocycles. The molecule has 0 bridgehead atoms. The van der Waals surface area contributed by atoms with Gasteiger partial charge in [-0.2, -0.15) is 0 Å². The van der Waals surface area contributed by atoms with Crippen LogP contribution < -0.4 is 5.32 Å². The van der Waals surface area contributed by atoms with E-state index in [0.29, 0.717) is 0 Å². The Hall–Kier alpha value is -2.38. The van der Waals surface area contributed by atoms with E-state index in [1.54, 1.807) is 11.8 Å². The number of alkyl carbamates (subject to hydrolysis) is 1. The van der Waals surface area contributed by atoms with Gasteiger partial charge in [0.1, 0.15) is 6.61 Å². The fourth-order valence-electron chi connectivity index (χ4n) is 1.87. The molecule has 1 amide bonds. The number of thioether (sulfide) groups is 1. The molecule has 118 valence electrons. The van der Waals surface area contributed by atoms with Crippen molar-refractivity contribution < 1.29 is 9.53 Å². The van der Waals surface area contributed by atoms with E-state index in [-0.39, 0.29) is 13.2 Å². The van der Waals surface area contributed by atoms with E-state index in [2.05, 4.69) is 36.2 Å². The van der Waals surface area contributed by atoms with Crippen LogP contribution in [-0.2, 0) is 11.3 Å². The summed E-state index contributed by atoms with van der Waals surface area (Å²) in [7, 11) is 0. The molecule has 0 radical (unpaired) electrons. The highest BCUT2D eigenvalue weighted by atomic mass is 32.2. The standard InChI is InChI=1S/C19H19NO2S/c1-2-23-18-12-6-10-16(14-18)11-7-13-20-19(21)22-15-17-8-4-3-5-9-17/h3-6,8-10,12,14H,2,13,15H2,1H3,(H,20,21). The SMILES string of the molecule is CCSc1cccc(C#CCNC(=O)OCc2ccccc2)c1. The largest absolute Gasteiger partial charge is 0.445 e. The third-order valence-corrected chi connectivity index (χ3v) is 3.79. The number of hydrogen-bond acceptors (Lipinski definition) is 3. The molecule has 4 heteroatoms. The normalized spacial score (nSPS) is 9.61. The summed E-state index contributed by atoms with van der Waals surface area (Å²) in [5, 5.41) is 2.62. The summed E-state index contributed by atoms with van der Waals surface area (Å²) in [6, 6.07) is 17.6. The second kappa shape index (κ2) is 9.60. The molecule has 0 atom stereocenters. The Balaban J connectivity index is 1.74. The van der Waals surface area contributed by atoms with Crippen LogP contribution in [0.3, 0.4) is 0 Å². The van der Waals surface area contributed by atoms with E-state index in [9.17, 15) is 4.79 Å². The first-order valence-electron chi connectivity index (χ1n) is 7.44. The molecule has 1 N–H and O–H groups in total. The maximum absolute atomic E-state index is 11.6. The molecule has 0 aliphatic carbocycles. The molecule has 0 spiro atoms. The lowest BCUT2D eigenvalue weighted by Crippen LogP contribution is -2.24. The zero-order chi connectivity index (χ0) is 16.3. The number of benzene rings is 2. The molecule has 0 unspecified atom stereocenters. The summed E-state index contributed by atoms with van der Waals surface area (Å²) in [6.45, 7) is 2.64. The van der Waals surface area contributed by atoms with Crippen LogP contribution in [-0.4, -0.2) is 18.4 Å². The van der Waals surface area contributed by atoms with Gasteiger partial charge in [0.25, 0.3) is 0 Å². The van der Waals surface area contributed by atoms with Crippen molar-refractivity contribution in [3.05, 3.63) is 65.7 Å². The van der Waals surface area contributed by atoms with Gasteiger partial charge in [0.05, 0.1) is 6.54 Å². The number of hydrogen-bond donors (Lipinski definition) is 1. The predicted molar refractivity (Wildman–Crippen MR) is 94.3 cm³/mol. The van der Waals surface area contributed by atoms with Crippen LogP contribution in [0.25, 0.3) is 0 Å². The van der Waals surface area contributed by atoms with Gasteiger partial charge in [-0.05, 0) is 29.5 Å². The summed E-state index contributed by atoms with van der Waals surface area (Å²) in [5.41, 5.74) is 1.90. The molecule has 2 rings (SSSR count). The topological polar surface area (TPSA) is 38.3 Å². The minimum atomic E-state index is -0.460. The van der Waals surface area contributed by atoms with Crippen LogP contribution in [0.15, 0.2) is 59.5 Å². The van der Waals surface area contributed by atoms with Gasteiger partial charge in [0.2, 0.25) is 0 Å². The Morgan fingerprint density at radius 1 is 1.17 bits per heavy atom. The number of amides is 1. The molecular weight excluding hydrogens is 306 g/mol. The fraction of sp³-hybridized carbons (Fsp3) is 0.211. The maximum atomic E-state index is 11.6. The first kappa shape index (κ1) is 17.0. The zero-order valence-electron chi connectivity index (χ0n) is 13.0. The average Bonchev–Trinajstić information content (AvgIpc) is 2.58. The molecular formula is C19H19NO2S. The summed E-state index contributed by atoms with van der Waals surface area (Å²) >= 11 is 1.78. The molecule has 0 aromatic heterocycles. The smallest absolute Gasteiger partial charge is 0.408 e. The van der Waals surface area contributed by atoms with Gasteiger partial charge < -0.3 is 10.1 Å². The molecule has 2 aromatic rings. The van der Waals surface area contributed by atoms with Crippen molar-refractivity contribution in [2.75, 3.05) is 12.3 Å². The van der Waals surface area contributed by atoms with E-state index in [1.807, 2.05) is 42.5 Å². The Labute approximate surface area is 141 Å². The molecule has 3 nitrogen and oxygen atoms in total. The van der Waals surface area contributed by atoms with Crippen molar-refractivity contribution in [3.63, 3.8) is 0 Å². The van der Waals surface area contributed by atoms with Crippen molar-refractivity contribution in [1.82, 2.24) is 5.32 Å². The molecule has 23 heavy (non-hydrogen) atoms. The summed E-state index contributed by atoms with van der Waals surface area (Å²) in [5.74, 6) is 7.00. The Morgan fingerprint density at radius 3 is 2.78 bits per heavy atom. The van der Waals surface area contributed by atoms with E-state index in [0.717, 1.165) is 16.9 Å². The summed E-state index contributed by atoms with van der Waals surface area (Å²) in [6.07, 6.45) is -0.460. The van der Waals surface area contributed by atoms with Crippen LogP contribution in [0.1, 0.15) is 18.1 Å². The van der Waals surface area contributed by atoms with Crippen LogP contribution in [0, 0.1) is 11.8 Å². The second-order valence-corrected chi connectivity index (χ2v) is 6.02. The Morgan fingerprint density at radius 2 is 2.00 bits per heavy atom. The van der Waals surface area contributed by atoms with E-state index in [4.69, 9.17) is 4.74 Å². The molecule has 0 saturated heterocycles. The van der Waals surface area contributed by atoms with E-state index in [1.165, 1.54) is 4.90 Å². The van der Waals surface area contributed by atoms with Crippen molar-refractivity contribution in [2.45, 2.75) is 18.4 Å². The third kappa shape index (κ3) is 6.50. The maximum Gasteiger partial charge on any atom is 0.408 e. The number of carbonyl (C=O) groups is 1. The Bertz CT molecular complexity index is 689. The average molecular weight is 325 g/mol. The zero-order valence-corrected chi connectivity index (χ0v) is 13.9. The highest BCUT2D eigenvalue weighted by molar-refractivity contribution is 7.99. The lowest BCUT2D eigenvalue weighted by molar-refractivity contribution is 0.141. The van der Waals surface area contributed by atoms with Gasteiger partial charge in [-0.1, -0.05) is 55.2 Å². The lowest BCUT2D eigenvalue weighted by Gasteiger charge is -2.04. The van der Waals surface area contributed by atoms with Gasteiger partial charge >= 0.3 is 6.09 Å². The predicted octanol–water partition coefficient (Wildman–Crippen LogP) is 4.08. The minimum absolute atomic E-state index is 0.260. The molecule has 2 aromatic carbocycles. The molecule has 0 aliphatic rings. The van der Waals surface area contributed by atoms with Gasteiger partial charge in [0.15, 0.2) is 0 Å². The number of carbonyl (C=O) groups excluding carboxylic acids is 1. The second-order valence-electron chi connectivity index (χ2n) is 4.68. The number of ether oxygens (including phenoxy) is 1. The monoisotopic (exact) mass is 325 g/mol. The Kier molecular flexibility index (Phi) is 7.09.